The third-order valence-electron chi connectivity index (χ3n) is 4.41. The van der Waals surface area contributed by atoms with Gasteiger partial charge >= 0.3 is 0 Å². The molecule has 2 heterocycles. The summed E-state index contributed by atoms with van der Waals surface area (Å²) in [5, 5.41) is 2.85. The predicted molar refractivity (Wildman–Crippen MR) is 88.8 cm³/mol. The number of hydrogen-bond acceptors (Lipinski definition) is 3. The van der Waals surface area contributed by atoms with E-state index < -0.39 is 0 Å². The second-order valence-electron chi connectivity index (χ2n) is 6.25. The Morgan fingerprint density at radius 2 is 2.05 bits per heavy atom. The van der Waals surface area contributed by atoms with E-state index >= 15 is 0 Å². The predicted octanol–water partition coefficient (Wildman–Crippen LogP) is 2.72. The molecule has 0 N–H and O–H groups in total. The quantitative estimate of drug-likeness (QED) is 0.799. The normalized spacial score (nSPS) is 23.0. The zero-order valence-electron chi connectivity index (χ0n) is 12.8. The molecule has 0 radical (unpaired) electrons. The first kappa shape index (κ1) is 13.3. The molecule has 1 aliphatic carbocycles. The Hall–Kier alpha value is -2.36. The Balaban J connectivity index is 1.92. The van der Waals surface area contributed by atoms with Crippen LogP contribution < -0.4 is 10.6 Å². The standard InChI is InChI=1S/C18H19N3O/c1-12(2)17-19-14-9-7-6-8-13(14)18(22)21(17)20-15-10-4-3-5-11-16(15)20/h3-10,12,15-16H,11H2,1-2H3. The summed E-state index contributed by atoms with van der Waals surface area (Å²) in [6.45, 7) is 4.17. The van der Waals surface area contributed by atoms with Crippen molar-refractivity contribution < 1.29 is 0 Å². The summed E-state index contributed by atoms with van der Waals surface area (Å²) in [4.78, 5) is 17.8. The molecule has 1 aliphatic heterocycles. The second-order valence-corrected chi connectivity index (χ2v) is 6.25. The molecule has 4 rings (SSSR count). The van der Waals surface area contributed by atoms with Crippen molar-refractivity contribution >= 4 is 10.9 Å². The second kappa shape index (κ2) is 4.83. The fraction of sp³-hybridized carbons (Fsp3) is 0.333. The number of benzene rings is 1. The Morgan fingerprint density at radius 1 is 1.23 bits per heavy atom. The van der Waals surface area contributed by atoms with Gasteiger partial charge in [0, 0.05) is 5.92 Å². The Morgan fingerprint density at radius 3 is 2.86 bits per heavy atom. The maximum absolute atomic E-state index is 13.0. The van der Waals surface area contributed by atoms with Gasteiger partial charge < -0.3 is 0 Å². The van der Waals surface area contributed by atoms with Crippen molar-refractivity contribution in [3.8, 4) is 0 Å². The molecular weight excluding hydrogens is 274 g/mol. The van der Waals surface area contributed by atoms with Crippen LogP contribution in [0.4, 0.5) is 0 Å². The highest BCUT2D eigenvalue weighted by atomic mass is 16.1. The van der Waals surface area contributed by atoms with Crippen LogP contribution in [-0.4, -0.2) is 21.7 Å². The number of allylic oxidation sites excluding steroid dienone is 2. The third kappa shape index (κ3) is 1.90. The maximum atomic E-state index is 13.0. The van der Waals surface area contributed by atoms with Gasteiger partial charge in [-0.15, -0.1) is 0 Å². The van der Waals surface area contributed by atoms with E-state index in [0.717, 1.165) is 17.8 Å². The minimum absolute atomic E-state index is 0.0414. The van der Waals surface area contributed by atoms with Crippen LogP contribution in [0, 0.1) is 0 Å². The van der Waals surface area contributed by atoms with E-state index in [-0.39, 0.29) is 11.5 Å². The van der Waals surface area contributed by atoms with E-state index in [2.05, 4.69) is 43.2 Å². The van der Waals surface area contributed by atoms with Gasteiger partial charge in [-0.3, -0.25) is 9.80 Å². The van der Waals surface area contributed by atoms with Crippen LogP contribution in [0.25, 0.3) is 10.9 Å². The highest BCUT2D eigenvalue weighted by Crippen LogP contribution is 2.33. The van der Waals surface area contributed by atoms with Gasteiger partial charge in [-0.25, -0.2) is 9.66 Å². The summed E-state index contributed by atoms with van der Waals surface area (Å²) in [5.74, 6) is 1.04. The molecule has 0 amide bonds. The topological polar surface area (TPSA) is 37.9 Å². The van der Waals surface area contributed by atoms with E-state index in [1.54, 1.807) is 0 Å². The molecule has 2 atom stereocenters. The maximum Gasteiger partial charge on any atom is 0.280 e. The lowest BCUT2D eigenvalue weighted by Gasteiger charge is -2.18. The van der Waals surface area contributed by atoms with Gasteiger partial charge in [0.2, 0.25) is 0 Å². The van der Waals surface area contributed by atoms with Crippen LogP contribution >= 0.6 is 0 Å². The molecule has 0 spiro atoms. The molecule has 4 heteroatoms. The zero-order valence-corrected chi connectivity index (χ0v) is 12.8. The minimum Gasteiger partial charge on any atom is -0.294 e. The molecule has 112 valence electrons. The third-order valence-corrected chi connectivity index (χ3v) is 4.41. The number of rotatable bonds is 2. The molecule has 0 bridgehead atoms. The number of nitrogens with zero attached hydrogens (tertiary/aromatic N) is 3. The van der Waals surface area contributed by atoms with Crippen molar-refractivity contribution in [2.24, 2.45) is 0 Å². The molecule has 2 aliphatic rings. The van der Waals surface area contributed by atoms with E-state index in [1.807, 2.05) is 28.9 Å². The van der Waals surface area contributed by atoms with Gasteiger partial charge in [-0.05, 0) is 18.6 Å². The molecule has 22 heavy (non-hydrogen) atoms. The fourth-order valence-electron chi connectivity index (χ4n) is 3.24. The zero-order chi connectivity index (χ0) is 15.3. The van der Waals surface area contributed by atoms with Crippen LogP contribution in [0.2, 0.25) is 0 Å². The molecular formula is C18H19N3O. The van der Waals surface area contributed by atoms with Crippen LogP contribution in [0.5, 0.6) is 0 Å². The van der Waals surface area contributed by atoms with E-state index in [4.69, 9.17) is 4.98 Å². The van der Waals surface area contributed by atoms with Gasteiger partial charge in [-0.2, -0.15) is 0 Å². The summed E-state index contributed by atoms with van der Waals surface area (Å²) in [6, 6.07) is 8.27. The van der Waals surface area contributed by atoms with Gasteiger partial charge in [-0.1, -0.05) is 50.3 Å². The Labute approximate surface area is 129 Å². The number of hydrogen-bond donors (Lipinski definition) is 0. The highest BCUT2D eigenvalue weighted by Gasteiger charge is 2.47. The lowest BCUT2D eigenvalue weighted by molar-refractivity contribution is 0.630. The van der Waals surface area contributed by atoms with E-state index in [1.165, 1.54) is 0 Å². The number of para-hydroxylation sites is 1. The van der Waals surface area contributed by atoms with Crippen LogP contribution in [0.1, 0.15) is 32.0 Å². The highest BCUT2D eigenvalue weighted by molar-refractivity contribution is 5.77. The van der Waals surface area contributed by atoms with Crippen LogP contribution in [-0.2, 0) is 0 Å². The van der Waals surface area contributed by atoms with Crippen molar-refractivity contribution in [1.82, 2.24) is 9.66 Å². The Kier molecular flexibility index (Phi) is 2.93. The van der Waals surface area contributed by atoms with Crippen LogP contribution in [0.15, 0.2) is 53.4 Å². The Bertz CT molecular complexity index is 847. The summed E-state index contributed by atoms with van der Waals surface area (Å²) in [6.07, 6.45) is 9.44. The van der Waals surface area contributed by atoms with Crippen molar-refractivity contribution in [2.75, 3.05) is 5.01 Å². The summed E-state index contributed by atoms with van der Waals surface area (Å²) < 4.78 is 1.81. The lowest BCUT2D eigenvalue weighted by Crippen LogP contribution is -2.35. The first-order chi connectivity index (χ1) is 10.7. The summed E-state index contributed by atoms with van der Waals surface area (Å²) in [5.41, 5.74) is 0.824. The number of aromatic nitrogens is 2. The average molecular weight is 293 g/mol. The SMILES string of the molecule is CC(C)c1nc2ccccc2c(=O)n1N1C2C=CC=CCC21. The number of fused-ring (bicyclic) bond motifs is 2. The van der Waals surface area contributed by atoms with Gasteiger partial charge in [0.25, 0.3) is 5.56 Å². The monoisotopic (exact) mass is 293 g/mol. The van der Waals surface area contributed by atoms with Crippen molar-refractivity contribution in [3.63, 3.8) is 0 Å². The first-order valence-electron chi connectivity index (χ1n) is 7.82. The van der Waals surface area contributed by atoms with E-state index in [0.29, 0.717) is 17.5 Å². The first-order valence-corrected chi connectivity index (χ1v) is 7.82. The largest absolute Gasteiger partial charge is 0.294 e. The average Bonchev–Trinajstić information content (AvgIpc) is 3.22. The summed E-state index contributed by atoms with van der Waals surface area (Å²) in [7, 11) is 0. The van der Waals surface area contributed by atoms with Crippen LogP contribution in [0.3, 0.4) is 0 Å². The van der Waals surface area contributed by atoms with Crippen molar-refractivity contribution in [3.05, 3.63) is 64.7 Å². The minimum atomic E-state index is 0.0414. The van der Waals surface area contributed by atoms with Gasteiger partial charge in [0.1, 0.15) is 5.82 Å². The van der Waals surface area contributed by atoms with Gasteiger partial charge in [0.15, 0.2) is 0 Å². The smallest absolute Gasteiger partial charge is 0.280 e. The molecule has 1 saturated heterocycles. The molecule has 1 aromatic carbocycles. The van der Waals surface area contributed by atoms with Gasteiger partial charge in [0.05, 0.1) is 23.0 Å². The fourth-order valence-corrected chi connectivity index (χ4v) is 3.24. The van der Waals surface area contributed by atoms with Crippen molar-refractivity contribution in [1.29, 1.82) is 0 Å². The molecule has 2 unspecified atom stereocenters. The molecule has 2 aromatic rings. The summed E-state index contributed by atoms with van der Waals surface area (Å²) >= 11 is 0. The molecule has 1 fully saturated rings. The van der Waals surface area contributed by atoms with E-state index in [9.17, 15) is 4.79 Å². The lowest BCUT2D eigenvalue weighted by atomic mass is 10.2. The molecule has 0 saturated carbocycles. The molecule has 1 aromatic heterocycles. The molecule has 4 nitrogen and oxygen atoms in total. The van der Waals surface area contributed by atoms with Crippen molar-refractivity contribution in [2.45, 2.75) is 38.3 Å².